The van der Waals surface area contributed by atoms with E-state index in [0.29, 0.717) is 17.7 Å². The van der Waals surface area contributed by atoms with Crippen molar-refractivity contribution in [2.45, 2.75) is 13.0 Å². The molecular formula is C16H17ClF2N4. The van der Waals surface area contributed by atoms with Crippen LogP contribution in [-0.4, -0.2) is 24.5 Å². The first-order valence-electron chi connectivity index (χ1n) is 7.07. The van der Waals surface area contributed by atoms with Gasteiger partial charge in [-0.3, -0.25) is 4.99 Å². The van der Waals surface area contributed by atoms with Crippen LogP contribution in [0.1, 0.15) is 11.1 Å². The smallest absolute Gasteiger partial charge is 0.191 e. The van der Waals surface area contributed by atoms with Gasteiger partial charge in [0, 0.05) is 31.9 Å². The quantitative estimate of drug-likeness (QED) is 0.500. The maximum atomic E-state index is 13.5. The number of nitrogens with zero attached hydrogens (tertiary/aromatic N) is 2. The Bertz CT molecular complexity index is 674. The third-order valence-electron chi connectivity index (χ3n) is 3.17. The summed E-state index contributed by atoms with van der Waals surface area (Å²) >= 11 is 5.73. The van der Waals surface area contributed by atoms with Gasteiger partial charge in [-0.25, -0.2) is 13.8 Å². The lowest BCUT2D eigenvalue weighted by Gasteiger charge is -2.12. The van der Waals surface area contributed by atoms with Crippen molar-refractivity contribution in [2.75, 3.05) is 13.6 Å². The predicted octanol–water partition coefficient (Wildman–Crippen LogP) is 2.92. The molecule has 0 fully saturated rings. The van der Waals surface area contributed by atoms with E-state index in [1.54, 1.807) is 19.3 Å². The highest BCUT2D eigenvalue weighted by atomic mass is 35.5. The zero-order valence-electron chi connectivity index (χ0n) is 12.6. The van der Waals surface area contributed by atoms with Gasteiger partial charge in [-0.1, -0.05) is 17.7 Å². The fraction of sp³-hybridized carbons (Fsp3) is 0.250. The van der Waals surface area contributed by atoms with Crippen LogP contribution in [0.5, 0.6) is 0 Å². The minimum atomic E-state index is -0.471. The standard InChI is InChI=1S/C16H17ClF2N4/c1-20-16(21-7-6-11-2-5-15(17)22-9-11)23-10-12-8-13(18)3-4-14(12)19/h2-5,8-9H,6-7,10H2,1H3,(H2,20,21,23). The van der Waals surface area contributed by atoms with E-state index in [1.807, 2.05) is 6.07 Å². The van der Waals surface area contributed by atoms with E-state index in [2.05, 4.69) is 20.6 Å². The van der Waals surface area contributed by atoms with Crippen LogP contribution >= 0.6 is 11.6 Å². The lowest BCUT2D eigenvalue weighted by Crippen LogP contribution is -2.38. The number of halogens is 3. The molecule has 2 aromatic rings. The zero-order valence-corrected chi connectivity index (χ0v) is 13.4. The van der Waals surface area contributed by atoms with E-state index in [9.17, 15) is 8.78 Å². The molecule has 7 heteroatoms. The minimum absolute atomic E-state index is 0.145. The van der Waals surface area contributed by atoms with Gasteiger partial charge in [0.15, 0.2) is 5.96 Å². The van der Waals surface area contributed by atoms with Crippen LogP contribution in [0, 0.1) is 11.6 Å². The van der Waals surface area contributed by atoms with Gasteiger partial charge >= 0.3 is 0 Å². The Morgan fingerprint density at radius 2 is 2.04 bits per heavy atom. The van der Waals surface area contributed by atoms with E-state index in [-0.39, 0.29) is 12.1 Å². The molecule has 0 amide bonds. The Morgan fingerprint density at radius 3 is 2.74 bits per heavy atom. The molecule has 0 atom stereocenters. The number of nitrogens with one attached hydrogen (secondary N) is 2. The number of hydrogen-bond donors (Lipinski definition) is 2. The van der Waals surface area contributed by atoms with Gasteiger partial charge in [0.25, 0.3) is 0 Å². The number of guanidine groups is 1. The molecule has 1 aromatic heterocycles. The van der Waals surface area contributed by atoms with Crippen molar-refractivity contribution in [1.82, 2.24) is 15.6 Å². The van der Waals surface area contributed by atoms with Crippen LogP contribution in [0.25, 0.3) is 0 Å². The van der Waals surface area contributed by atoms with Gasteiger partial charge in [0.05, 0.1) is 0 Å². The summed E-state index contributed by atoms with van der Waals surface area (Å²) in [6.45, 7) is 0.764. The van der Waals surface area contributed by atoms with Gasteiger partial charge in [-0.15, -0.1) is 0 Å². The van der Waals surface area contributed by atoms with Gasteiger partial charge in [-0.05, 0) is 36.2 Å². The number of rotatable bonds is 5. The Balaban J connectivity index is 1.81. The molecule has 0 spiro atoms. The summed E-state index contributed by atoms with van der Waals surface area (Å²) < 4.78 is 26.7. The highest BCUT2D eigenvalue weighted by Gasteiger charge is 2.05. The molecule has 0 unspecified atom stereocenters. The molecule has 0 aliphatic rings. The molecule has 0 saturated carbocycles. The maximum Gasteiger partial charge on any atom is 0.191 e. The maximum absolute atomic E-state index is 13.5. The van der Waals surface area contributed by atoms with E-state index in [4.69, 9.17) is 11.6 Å². The first-order valence-corrected chi connectivity index (χ1v) is 7.45. The van der Waals surface area contributed by atoms with E-state index in [0.717, 1.165) is 30.2 Å². The number of pyridine rings is 1. The summed E-state index contributed by atoms with van der Waals surface area (Å²) in [6, 6.07) is 6.99. The predicted molar refractivity (Wildman–Crippen MR) is 87.5 cm³/mol. The average Bonchev–Trinajstić information content (AvgIpc) is 2.55. The van der Waals surface area contributed by atoms with Crippen LogP contribution in [-0.2, 0) is 13.0 Å². The third kappa shape index (κ3) is 5.49. The Labute approximate surface area is 138 Å². The highest BCUT2D eigenvalue weighted by Crippen LogP contribution is 2.09. The normalized spacial score (nSPS) is 11.4. The summed E-state index contributed by atoms with van der Waals surface area (Å²) in [7, 11) is 1.61. The monoisotopic (exact) mass is 338 g/mol. The van der Waals surface area contributed by atoms with Crippen molar-refractivity contribution >= 4 is 17.6 Å². The molecule has 1 aromatic carbocycles. The molecule has 2 rings (SSSR count). The molecule has 0 radical (unpaired) electrons. The number of aliphatic imine (C=N–C) groups is 1. The average molecular weight is 339 g/mol. The van der Waals surface area contributed by atoms with Gasteiger partial charge in [-0.2, -0.15) is 0 Å². The Morgan fingerprint density at radius 1 is 1.22 bits per heavy atom. The SMILES string of the molecule is CN=C(NCCc1ccc(Cl)nc1)NCc1cc(F)ccc1F. The van der Waals surface area contributed by atoms with Crippen LogP contribution in [0.4, 0.5) is 8.78 Å². The van der Waals surface area contributed by atoms with Gasteiger partial charge < -0.3 is 10.6 Å². The summed E-state index contributed by atoms with van der Waals surface area (Å²) in [5.41, 5.74) is 1.28. The molecule has 0 bridgehead atoms. The lowest BCUT2D eigenvalue weighted by molar-refractivity contribution is 0.581. The van der Waals surface area contributed by atoms with E-state index >= 15 is 0 Å². The number of hydrogen-bond acceptors (Lipinski definition) is 2. The largest absolute Gasteiger partial charge is 0.356 e. The first-order chi connectivity index (χ1) is 11.1. The second-order valence-corrected chi connectivity index (χ2v) is 5.21. The molecule has 0 aliphatic carbocycles. The van der Waals surface area contributed by atoms with Gasteiger partial charge in [0.2, 0.25) is 0 Å². The zero-order chi connectivity index (χ0) is 16.7. The van der Waals surface area contributed by atoms with E-state index < -0.39 is 11.6 Å². The Kier molecular flexibility index (Phi) is 6.29. The van der Waals surface area contributed by atoms with Crippen LogP contribution in [0.15, 0.2) is 41.5 Å². The van der Waals surface area contributed by atoms with Crippen molar-refractivity contribution in [2.24, 2.45) is 4.99 Å². The number of aromatic nitrogens is 1. The van der Waals surface area contributed by atoms with Crippen molar-refractivity contribution in [3.63, 3.8) is 0 Å². The fourth-order valence-corrected chi connectivity index (χ4v) is 2.07. The summed E-state index contributed by atoms with van der Waals surface area (Å²) in [5, 5.41) is 6.50. The van der Waals surface area contributed by atoms with Gasteiger partial charge in [0.1, 0.15) is 16.8 Å². The summed E-state index contributed by atoms with van der Waals surface area (Å²) in [4.78, 5) is 8.05. The van der Waals surface area contributed by atoms with Crippen molar-refractivity contribution < 1.29 is 8.78 Å². The molecule has 0 aliphatic heterocycles. The summed E-state index contributed by atoms with van der Waals surface area (Å²) in [6.07, 6.45) is 2.45. The third-order valence-corrected chi connectivity index (χ3v) is 3.40. The first kappa shape index (κ1) is 17.1. The van der Waals surface area contributed by atoms with Crippen molar-refractivity contribution in [1.29, 1.82) is 0 Å². The molecule has 0 saturated heterocycles. The molecule has 122 valence electrons. The Hall–Kier alpha value is -2.21. The highest BCUT2D eigenvalue weighted by molar-refractivity contribution is 6.29. The molecule has 23 heavy (non-hydrogen) atoms. The molecule has 1 heterocycles. The molecule has 2 N–H and O–H groups in total. The lowest BCUT2D eigenvalue weighted by atomic mass is 10.2. The minimum Gasteiger partial charge on any atom is -0.356 e. The van der Waals surface area contributed by atoms with Crippen molar-refractivity contribution in [3.05, 3.63) is 64.4 Å². The fourth-order valence-electron chi connectivity index (χ4n) is 1.96. The van der Waals surface area contributed by atoms with Crippen LogP contribution < -0.4 is 10.6 Å². The van der Waals surface area contributed by atoms with E-state index in [1.165, 1.54) is 0 Å². The number of benzene rings is 1. The molecule has 4 nitrogen and oxygen atoms in total. The topological polar surface area (TPSA) is 49.3 Å². The summed E-state index contributed by atoms with van der Waals surface area (Å²) in [5.74, 6) is -0.418. The second kappa shape index (κ2) is 8.43. The van der Waals surface area contributed by atoms with Crippen LogP contribution in [0.3, 0.4) is 0 Å². The second-order valence-electron chi connectivity index (χ2n) is 4.83. The molecular weight excluding hydrogens is 322 g/mol. The van der Waals surface area contributed by atoms with Crippen LogP contribution in [0.2, 0.25) is 5.15 Å². The van der Waals surface area contributed by atoms with Crippen molar-refractivity contribution in [3.8, 4) is 0 Å².